The van der Waals surface area contributed by atoms with Crippen LogP contribution in [0.25, 0.3) is 16.6 Å². The molecule has 0 saturated carbocycles. The average molecular weight is 460 g/mol. The molecule has 0 fully saturated rings. The zero-order valence-corrected chi connectivity index (χ0v) is 19.2. The fourth-order valence-electron chi connectivity index (χ4n) is 3.53. The SMILES string of the molecule is CCOC(=O)c1c(C)cc2nc(C(S)C(=O)NC)n(-c3ccccc3Cl)c(=O)c2c1C. The number of esters is 1. The molecule has 7 nitrogen and oxygen atoms in total. The van der Waals surface area contributed by atoms with Crippen molar-refractivity contribution in [2.75, 3.05) is 13.7 Å². The predicted molar refractivity (Wildman–Crippen MR) is 124 cm³/mol. The third-order valence-electron chi connectivity index (χ3n) is 4.95. The van der Waals surface area contributed by atoms with Crippen LogP contribution in [0.5, 0.6) is 0 Å². The van der Waals surface area contributed by atoms with E-state index in [0.29, 0.717) is 32.9 Å². The third-order valence-corrected chi connectivity index (χ3v) is 5.73. The minimum atomic E-state index is -1.02. The van der Waals surface area contributed by atoms with Crippen LogP contribution in [0.3, 0.4) is 0 Å². The number of nitrogens with zero attached hydrogens (tertiary/aromatic N) is 2. The van der Waals surface area contributed by atoms with E-state index in [2.05, 4.69) is 22.9 Å². The van der Waals surface area contributed by atoms with Gasteiger partial charge >= 0.3 is 5.97 Å². The van der Waals surface area contributed by atoms with Gasteiger partial charge in [-0.15, -0.1) is 0 Å². The summed E-state index contributed by atoms with van der Waals surface area (Å²) in [6.45, 7) is 5.35. The fourth-order valence-corrected chi connectivity index (χ4v) is 4.05. The molecule has 1 amide bonds. The number of ether oxygens (including phenoxy) is 1. The third kappa shape index (κ3) is 4.05. The largest absolute Gasteiger partial charge is 0.462 e. The normalized spacial score (nSPS) is 11.9. The smallest absolute Gasteiger partial charge is 0.338 e. The number of fused-ring (bicyclic) bond motifs is 1. The molecule has 162 valence electrons. The van der Waals surface area contributed by atoms with Gasteiger partial charge in [-0.3, -0.25) is 14.2 Å². The molecule has 3 aromatic rings. The van der Waals surface area contributed by atoms with Crippen molar-refractivity contribution in [2.24, 2.45) is 0 Å². The van der Waals surface area contributed by atoms with Gasteiger partial charge in [0.1, 0.15) is 11.1 Å². The molecule has 1 unspecified atom stereocenters. The van der Waals surface area contributed by atoms with E-state index >= 15 is 0 Å². The van der Waals surface area contributed by atoms with E-state index in [1.165, 1.54) is 11.6 Å². The molecule has 1 N–H and O–H groups in total. The standard InChI is InChI=1S/C22H22ClN3O4S/c1-5-30-22(29)16-11(2)10-14-17(12(16)3)21(28)26(15-9-7-6-8-13(15)23)19(25-14)18(31)20(27)24-4/h6-10,18,31H,5H2,1-4H3,(H,24,27). The Morgan fingerprint density at radius 2 is 1.97 bits per heavy atom. The average Bonchev–Trinajstić information content (AvgIpc) is 2.73. The molecule has 31 heavy (non-hydrogen) atoms. The molecule has 9 heteroatoms. The molecule has 0 spiro atoms. The Kier molecular flexibility index (Phi) is 6.71. The van der Waals surface area contributed by atoms with Gasteiger partial charge in [-0.2, -0.15) is 12.6 Å². The van der Waals surface area contributed by atoms with Crippen molar-refractivity contribution >= 4 is 47.0 Å². The second kappa shape index (κ2) is 9.11. The summed E-state index contributed by atoms with van der Waals surface area (Å²) in [6.07, 6.45) is 0. The Bertz CT molecular complexity index is 1260. The molecule has 0 aliphatic heterocycles. The first-order chi connectivity index (χ1) is 14.7. The van der Waals surface area contributed by atoms with Crippen LogP contribution in [0, 0.1) is 13.8 Å². The summed E-state index contributed by atoms with van der Waals surface area (Å²) in [7, 11) is 1.48. The van der Waals surface area contributed by atoms with Crippen molar-refractivity contribution in [2.45, 2.75) is 26.0 Å². The number of nitrogens with one attached hydrogen (secondary N) is 1. The lowest BCUT2D eigenvalue weighted by Crippen LogP contribution is -2.31. The number of hydrogen-bond acceptors (Lipinski definition) is 6. The molecule has 0 aliphatic carbocycles. The van der Waals surface area contributed by atoms with Crippen molar-refractivity contribution < 1.29 is 14.3 Å². The van der Waals surface area contributed by atoms with E-state index in [-0.39, 0.29) is 17.8 Å². The number of carbonyl (C=O) groups excluding carboxylic acids is 2. The van der Waals surface area contributed by atoms with Crippen LogP contribution in [0.4, 0.5) is 0 Å². The molecule has 1 atom stereocenters. The van der Waals surface area contributed by atoms with Crippen LogP contribution in [0.2, 0.25) is 5.02 Å². The van der Waals surface area contributed by atoms with Crippen molar-refractivity contribution in [3.8, 4) is 5.69 Å². The number of thiol groups is 1. The lowest BCUT2D eigenvalue weighted by atomic mass is 9.98. The molecule has 2 aromatic carbocycles. The molecule has 1 heterocycles. The maximum atomic E-state index is 13.7. The summed E-state index contributed by atoms with van der Waals surface area (Å²) >= 11 is 10.8. The van der Waals surface area contributed by atoms with Crippen LogP contribution >= 0.6 is 24.2 Å². The molecular formula is C22H22ClN3O4S. The van der Waals surface area contributed by atoms with Gasteiger partial charge in [0.2, 0.25) is 5.91 Å². The summed E-state index contributed by atoms with van der Waals surface area (Å²) in [5, 5.41) is 2.05. The molecular weight excluding hydrogens is 438 g/mol. The van der Waals surface area contributed by atoms with Crippen molar-refractivity contribution in [3.05, 3.63) is 68.2 Å². The van der Waals surface area contributed by atoms with Gasteiger partial charge in [0, 0.05) is 7.05 Å². The minimum Gasteiger partial charge on any atom is -0.462 e. The van der Waals surface area contributed by atoms with Gasteiger partial charge in [0.15, 0.2) is 0 Å². The van der Waals surface area contributed by atoms with Crippen LogP contribution < -0.4 is 10.9 Å². The zero-order chi connectivity index (χ0) is 22.9. The molecule has 3 rings (SSSR count). The van der Waals surface area contributed by atoms with E-state index in [1.807, 2.05) is 0 Å². The molecule has 0 saturated heterocycles. The summed E-state index contributed by atoms with van der Waals surface area (Å²) in [5.74, 6) is -0.812. The van der Waals surface area contributed by atoms with Crippen molar-refractivity contribution in [3.63, 3.8) is 0 Å². The number of aromatic nitrogens is 2. The highest BCUT2D eigenvalue weighted by Crippen LogP contribution is 2.29. The second-order valence-electron chi connectivity index (χ2n) is 6.89. The van der Waals surface area contributed by atoms with Gasteiger partial charge in [0.25, 0.3) is 5.56 Å². The van der Waals surface area contributed by atoms with Crippen molar-refractivity contribution in [1.29, 1.82) is 0 Å². The van der Waals surface area contributed by atoms with Crippen LogP contribution in [0.1, 0.15) is 39.5 Å². The highest BCUT2D eigenvalue weighted by Gasteiger charge is 2.27. The lowest BCUT2D eigenvalue weighted by molar-refractivity contribution is -0.120. The number of benzene rings is 2. The Hall–Kier alpha value is -2.84. The molecule has 0 radical (unpaired) electrons. The maximum absolute atomic E-state index is 13.7. The number of halogens is 1. The Balaban J connectivity index is 2.47. The predicted octanol–water partition coefficient (Wildman–Crippen LogP) is 3.55. The molecule has 0 bridgehead atoms. The van der Waals surface area contributed by atoms with Crippen LogP contribution in [-0.2, 0) is 9.53 Å². The van der Waals surface area contributed by atoms with Crippen molar-refractivity contribution in [1.82, 2.24) is 14.9 Å². The van der Waals surface area contributed by atoms with Gasteiger partial charge in [-0.1, -0.05) is 23.7 Å². The Labute approximate surface area is 189 Å². The van der Waals surface area contributed by atoms with Crippen LogP contribution in [0.15, 0.2) is 35.1 Å². The van der Waals surface area contributed by atoms with E-state index in [1.54, 1.807) is 51.1 Å². The van der Waals surface area contributed by atoms with E-state index in [0.717, 1.165) is 0 Å². The maximum Gasteiger partial charge on any atom is 0.338 e. The number of para-hydroxylation sites is 1. The first-order valence-electron chi connectivity index (χ1n) is 9.61. The first-order valence-corrected chi connectivity index (χ1v) is 10.5. The Morgan fingerprint density at radius 1 is 1.29 bits per heavy atom. The number of likely N-dealkylation sites (N-methyl/N-ethyl adjacent to an activating group) is 1. The highest BCUT2D eigenvalue weighted by molar-refractivity contribution is 7.81. The number of amides is 1. The summed E-state index contributed by atoms with van der Waals surface area (Å²) in [6, 6.07) is 8.38. The number of carbonyl (C=O) groups is 2. The minimum absolute atomic E-state index is 0.121. The summed E-state index contributed by atoms with van der Waals surface area (Å²) in [5.41, 5.74) is 1.65. The summed E-state index contributed by atoms with van der Waals surface area (Å²) in [4.78, 5) is 43.2. The second-order valence-corrected chi connectivity index (χ2v) is 7.81. The quantitative estimate of drug-likeness (QED) is 0.450. The monoisotopic (exact) mass is 459 g/mol. The highest BCUT2D eigenvalue weighted by atomic mass is 35.5. The fraction of sp³-hybridized carbons (Fsp3) is 0.273. The van der Waals surface area contributed by atoms with Gasteiger partial charge in [-0.05, 0) is 50.1 Å². The van der Waals surface area contributed by atoms with E-state index in [9.17, 15) is 14.4 Å². The number of rotatable bonds is 5. The lowest BCUT2D eigenvalue weighted by Gasteiger charge is -2.20. The van der Waals surface area contributed by atoms with E-state index < -0.39 is 22.7 Å². The van der Waals surface area contributed by atoms with Gasteiger partial charge in [-0.25, -0.2) is 9.78 Å². The van der Waals surface area contributed by atoms with Crippen LogP contribution in [-0.4, -0.2) is 35.1 Å². The number of hydrogen-bond donors (Lipinski definition) is 2. The number of aryl methyl sites for hydroxylation is 2. The zero-order valence-electron chi connectivity index (χ0n) is 17.5. The first kappa shape index (κ1) is 22.8. The topological polar surface area (TPSA) is 90.3 Å². The summed E-state index contributed by atoms with van der Waals surface area (Å²) < 4.78 is 6.44. The van der Waals surface area contributed by atoms with Gasteiger partial charge < -0.3 is 10.1 Å². The molecule has 1 aromatic heterocycles. The Morgan fingerprint density at radius 3 is 2.58 bits per heavy atom. The van der Waals surface area contributed by atoms with Gasteiger partial charge in [0.05, 0.1) is 33.8 Å². The molecule has 0 aliphatic rings. The van der Waals surface area contributed by atoms with E-state index in [4.69, 9.17) is 16.3 Å².